The summed E-state index contributed by atoms with van der Waals surface area (Å²) in [5.41, 5.74) is 0.110. The summed E-state index contributed by atoms with van der Waals surface area (Å²) in [5.74, 6) is 0.187. The molecule has 3 amide bonds. The summed E-state index contributed by atoms with van der Waals surface area (Å²) >= 11 is 5.79. The van der Waals surface area contributed by atoms with Crippen molar-refractivity contribution in [2.45, 2.75) is 12.6 Å². The third-order valence-electron chi connectivity index (χ3n) is 4.82. The van der Waals surface area contributed by atoms with E-state index < -0.39 is 11.7 Å². The molecule has 1 N–H and O–H groups in total. The SMILES string of the molecule is C=C(CCNC(=O)COc1ccc(Cl)cc1)N1CCN(c2ccc(C(F)(F)F)cc2)C1=O. The standard InChI is InChI=1S/C22H21ClF3N3O3/c1-15(10-11-27-20(30)14-32-19-8-4-17(23)5-9-19)28-12-13-29(21(28)31)18-6-2-16(3-7-18)22(24,25)26/h2-9H,1,10-14H2,(H,27,30). The molecule has 0 saturated carbocycles. The van der Waals surface area contributed by atoms with Crippen LogP contribution in [-0.4, -0.2) is 43.1 Å². The molecule has 1 aliphatic heterocycles. The first-order chi connectivity index (χ1) is 15.1. The van der Waals surface area contributed by atoms with Crippen molar-refractivity contribution >= 4 is 29.2 Å². The molecule has 32 heavy (non-hydrogen) atoms. The van der Waals surface area contributed by atoms with Crippen molar-refractivity contribution in [3.05, 3.63) is 71.4 Å². The summed E-state index contributed by atoms with van der Waals surface area (Å²) in [7, 11) is 0. The number of rotatable bonds is 8. The number of carbonyl (C=O) groups excluding carboxylic acids is 2. The zero-order chi connectivity index (χ0) is 23.3. The normalized spacial score (nSPS) is 13.9. The topological polar surface area (TPSA) is 61.9 Å². The molecule has 2 aromatic rings. The van der Waals surface area contributed by atoms with E-state index in [1.807, 2.05) is 0 Å². The number of benzene rings is 2. The van der Waals surface area contributed by atoms with Crippen molar-refractivity contribution in [1.82, 2.24) is 10.2 Å². The van der Waals surface area contributed by atoms with Crippen LogP contribution in [0.15, 0.2) is 60.8 Å². The van der Waals surface area contributed by atoms with E-state index in [1.54, 1.807) is 24.3 Å². The maximum absolute atomic E-state index is 12.7. The number of hydrogen-bond acceptors (Lipinski definition) is 3. The Kier molecular flexibility index (Phi) is 7.29. The first kappa shape index (κ1) is 23.5. The van der Waals surface area contributed by atoms with Crippen molar-refractivity contribution in [2.24, 2.45) is 0 Å². The summed E-state index contributed by atoms with van der Waals surface area (Å²) in [6.07, 6.45) is -4.10. The van der Waals surface area contributed by atoms with Gasteiger partial charge in [-0.25, -0.2) is 4.79 Å². The Labute approximate surface area is 188 Å². The second-order valence-corrected chi connectivity index (χ2v) is 7.48. The van der Waals surface area contributed by atoms with Crippen molar-refractivity contribution in [2.75, 3.05) is 31.1 Å². The third-order valence-corrected chi connectivity index (χ3v) is 5.07. The fraction of sp³-hybridized carbons (Fsp3) is 0.273. The van der Waals surface area contributed by atoms with Gasteiger partial charge in [0.2, 0.25) is 0 Å². The van der Waals surface area contributed by atoms with E-state index in [-0.39, 0.29) is 25.1 Å². The Morgan fingerprint density at radius 3 is 2.38 bits per heavy atom. The lowest BCUT2D eigenvalue weighted by Crippen LogP contribution is -2.34. The Morgan fingerprint density at radius 2 is 1.75 bits per heavy atom. The van der Waals surface area contributed by atoms with Crippen molar-refractivity contribution in [3.63, 3.8) is 0 Å². The number of nitrogens with one attached hydrogen (secondary N) is 1. The minimum atomic E-state index is -4.43. The molecule has 1 saturated heterocycles. The van der Waals surface area contributed by atoms with Gasteiger partial charge in [0.15, 0.2) is 6.61 Å². The lowest BCUT2D eigenvalue weighted by Gasteiger charge is -2.21. The van der Waals surface area contributed by atoms with Gasteiger partial charge in [-0.15, -0.1) is 0 Å². The van der Waals surface area contributed by atoms with Crippen LogP contribution in [0.4, 0.5) is 23.7 Å². The smallest absolute Gasteiger partial charge is 0.416 e. The molecule has 0 radical (unpaired) electrons. The lowest BCUT2D eigenvalue weighted by molar-refractivity contribution is -0.137. The van der Waals surface area contributed by atoms with Crippen LogP contribution in [0.3, 0.4) is 0 Å². The molecule has 1 fully saturated rings. The van der Waals surface area contributed by atoms with E-state index in [4.69, 9.17) is 16.3 Å². The summed E-state index contributed by atoms with van der Waals surface area (Å²) in [6.45, 7) is 4.66. The lowest BCUT2D eigenvalue weighted by atomic mass is 10.2. The predicted octanol–water partition coefficient (Wildman–Crippen LogP) is 4.70. The Bertz CT molecular complexity index is 979. The summed E-state index contributed by atoms with van der Waals surface area (Å²) in [5, 5.41) is 3.25. The van der Waals surface area contributed by atoms with E-state index >= 15 is 0 Å². The van der Waals surface area contributed by atoms with Crippen LogP contribution in [0.25, 0.3) is 0 Å². The Balaban J connectivity index is 1.44. The number of nitrogens with zero attached hydrogens (tertiary/aromatic N) is 2. The highest BCUT2D eigenvalue weighted by Gasteiger charge is 2.33. The Hall–Kier alpha value is -3.20. The molecular formula is C22H21ClF3N3O3. The fourth-order valence-electron chi connectivity index (χ4n) is 3.11. The third kappa shape index (κ3) is 5.94. The highest BCUT2D eigenvalue weighted by Crippen LogP contribution is 2.31. The number of urea groups is 1. The number of alkyl halides is 3. The maximum Gasteiger partial charge on any atom is 0.416 e. The molecule has 0 spiro atoms. The minimum Gasteiger partial charge on any atom is -0.484 e. The van der Waals surface area contributed by atoms with Crippen LogP contribution < -0.4 is 15.0 Å². The number of amides is 3. The van der Waals surface area contributed by atoms with Gasteiger partial charge in [0, 0.05) is 42.5 Å². The van der Waals surface area contributed by atoms with Crippen LogP contribution in [0.1, 0.15) is 12.0 Å². The van der Waals surface area contributed by atoms with Gasteiger partial charge in [0.25, 0.3) is 5.91 Å². The van der Waals surface area contributed by atoms with E-state index in [1.165, 1.54) is 21.9 Å². The summed E-state index contributed by atoms with van der Waals surface area (Å²) < 4.78 is 43.5. The van der Waals surface area contributed by atoms with E-state index in [0.29, 0.717) is 41.7 Å². The quantitative estimate of drug-likeness (QED) is 0.612. The molecule has 10 heteroatoms. The van der Waals surface area contributed by atoms with Crippen LogP contribution >= 0.6 is 11.6 Å². The predicted molar refractivity (Wildman–Crippen MR) is 115 cm³/mol. The molecule has 0 aliphatic carbocycles. The molecule has 170 valence electrons. The first-order valence-corrected chi connectivity index (χ1v) is 10.1. The van der Waals surface area contributed by atoms with Gasteiger partial charge >= 0.3 is 12.2 Å². The van der Waals surface area contributed by atoms with Gasteiger partial charge in [0.05, 0.1) is 5.56 Å². The number of halogens is 4. The summed E-state index contributed by atoms with van der Waals surface area (Å²) in [6, 6.07) is 10.7. The first-order valence-electron chi connectivity index (χ1n) is 9.74. The number of anilines is 1. The number of carbonyl (C=O) groups is 2. The van der Waals surface area contributed by atoms with Gasteiger partial charge in [-0.1, -0.05) is 18.2 Å². The Morgan fingerprint density at radius 1 is 1.09 bits per heavy atom. The zero-order valence-corrected chi connectivity index (χ0v) is 17.7. The fourth-order valence-corrected chi connectivity index (χ4v) is 3.24. The second-order valence-electron chi connectivity index (χ2n) is 7.04. The summed E-state index contributed by atoms with van der Waals surface area (Å²) in [4.78, 5) is 27.4. The minimum absolute atomic E-state index is 0.168. The number of ether oxygens (including phenoxy) is 1. The molecule has 6 nitrogen and oxygen atoms in total. The molecule has 1 heterocycles. The molecule has 0 aromatic heterocycles. The van der Waals surface area contributed by atoms with Crippen LogP contribution in [0, 0.1) is 0 Å². The van der Waals surface area contributed by atoms with E-state index in [9.17, 15) is 22.8 Å². The average Bonchev–Trinajstić information content (AvgIpc) is 3.14. The van der Waals surface area contributed by atoms with Gasteiger partial charge in [-0.05, 0) is 48.5 Å². The highest BCUT2D eigenvalue weighted by atomic mass is 35.5. The second kappa shape index (κ2) is 9.95. The van der Waals surface area contributed by atoms with Crippen molar-refractivity contribution in [3.8, 4) is 5.75 Å². The van der Waals surface area contributed by atoms with Crippen LogP contribution in [0.5, 0.6) is 5.75 Å². The molecule has 0 atom stereocenters. The molecule has 1 aliphatic rings. The van der Waals surface area contributed by atoms with E-state index in [2.05, 4.69) is 11.9 Å². The van der Waals surface area contributed by atoms with Gasteiger partial charge in [-0.3, -0.25) is 14.6 Å². The van der Waals surface area contributed by atoms with Crippen molar-refractivity contribution in [1.29, 1.82) is 0 Å². The van der Waals surface area contributed by atoms with Gasteiger partial charge in [0.1, 0.15) is 5.75 Å². The molecule has 2 aromatic carbocycles. The van der Waals surface area contributed by atoms with E-state index in [0.717, 1.165) is 12.1 Å². The average molecular weight is 468 g/mol. The van der Waals surface area contributed by atoms with Crippen LogP contribution in [-0.2, 0) is 11.0 Å². The monoisotopic (exact) mass is 467 g/mol. The number of hydrogen-bond donors (Lipinski definition) is 1. The van der Waals surface area contributed by atoms with Gasteiger partial charge in [-0.2, -0.15) is 13.2 Å². The molecular weight excluding hydrogens is 447 g/mol. The molecule has 0 unspecified atom stereocenters. The van der Waals surface area contributed by atoms with Crippen LogP contribution in [0.2, 0.25) is 5.02 Å². The van der Waals surface area contributed by atoms with Gasteiger partial charge < -0.3 is 10.1 Å². The highest BCUT2D eigenvalue weighted by molar-refractivity contribution is 6.30. The molecule has 3 rings (SSSR count). The van der Waals surface area contributed by atoms with Crippen molar-refractivity contribution < 1.29 is 27.5 Å². The molecule has 0 bridgehead atoms. The maximum atomic E-state index is 12.7. The largest absolute Gasteiger partial charge is 0.484 e. The zero-order valence-electron chi connectivity index (χ0n) is 17.0.